The lowest BCUT2D eigenvalue weighted by molar-refractivity contribution is -0.0408. The van der Waals surface area contributed by atoms with Crippen LogP contribution in [-0.2, 0) is 9.47 Å². The summed E-state index contributed by atoms with van der Waals surface area (Å²) in [4.78, 5) is 13.8. The van der Waals surface area contributed by atoms with Gasteiger partial charge in [-0.25, -0.2) is 4.79 Å². The fraction of sp³-hybridized carbons (Fsp3) is 0.389. The first-order valence-corrected chi connectivity index (χ1v) is 7.53. The van der Waals surface area contributed by atoms with E-state index in [9.17, 15) is 4.79 Å². The van der Waals surface area contributed by atoms with E-state index in [2.05, 4.69) is 6.07 Å². The van der Waals surface area contributed by atoms with Crippen LogP contribution in [0, 0.1) is 0 Å². The molecule has 4 nitrogen and oxygen atoms in total. The number of hydrogen-bond acceptors (Lipinski definition) is 3. The Morgan fingerprint density at radius 1 is 1.18 bits per heavy atom. The van der Waals surface area contributed by atoms with E-state index in [0.29, 0.717) is 13.2 Å². The van der Waals surface area contributed by atoms with Crippen LogP contribution in [0.15, 0.2) is 42.5 Å². The molecule has 1 amide bonds. The van der Waals surface area contributed by atoms with Gasteiger partial charge in [0.2, 0.25) is 0 Å². The highest BCUT2D eigenvalue weighted by Crippen LogP contribution is 2.26. The molecule has 116 valence electrons. The van der Waals surface area contributed by atoms with Gasteiger partial charge in [-0.3, -0.25) is 4.90 Å². The Morgan fingerprint density at radius 2 is 1.91 bits per heavy atom. The highest BCUT2D eigenvalue weighted by molar-refractivity contribution is 5.94. The third-order valence-electron chi connectivity index (χ3n) is 3.62. The molecule has 0 aliphatic carbocycles. The number of cyclic esters (lactones) is 1. The number of fused-ring (bicyclic) bond motifs is 1. The minimum atomic E-state index is -0.308. The van der Waals surface area contributed by atoms with E-state index >= 15 is 0 Å². The Hall–Kier alpha value is -2.07. The molecule has 1 aliphatic heterocycles. The van der Waals surface area contributed by atoms with Crippen molar-refractivity contribution in [2.24, 2.45) is 0 Å². The molecule has 22 heavy (non-hydrogen) atoms. The molecule has 1 unspecified atom stereocenters. The number of rotatable bonds is 3. The van der Waals surface area contributed by atoms with Gasteiger partial charge in [-0.15, -0.1) is 0 Å². The van der Waals surface area contributed by atoms with E-state index in [-0.39, 0.29) is 17.8 Å². The first-order chi connectivity index (χ1) is 10.4. The topological polar surface area (TPSA) is 38.8 Å². The van der Waals surface area contributed by atoms with Crippen LogP contribution in [0.1, 0.15) is 20.8 Å². The van der Waals surface area contributed by atoms with Crippen molar-refractivity contribution >= 4 is 22.6 Å². The van der Waals surface area contributed by atoms with Crippen molar-refractivity contribution in [1.29, 1.82) is 0 Å². The second kappa shape index (κ2) is 5.61. The van der Waals surface area contributed by atoms with Crippen molar-refractivity contribution in [3.05, 3.63) is 42.5 Å². The van der Waals surface area contributed by atoms with Crippen LogP contribution in [0.4, 0.5) is 10.5 Å². The van der Waals surface area contributed by atoms with Crippen molar-refractivity contribution in [2.45, 2.75) is 32.5 Å². The molecule has 1 aliphatic rings. The predicted octanol–water partition coefficient (Wildman–Crippen LogP) is 3.98. The second-order valence-electron chi connectivity index (χ2n) is 6.57. The van der Waals surface area contributed by atoms with Crippen molar-refractivity contribution in [1.82, 2.24) is 0 Å². The fourth-order valence-corrected chi connectivity index (χ4v) is 2.51. The number of anilines is 1. The predicted molar refractivity (Wildman–Crippen MR) is 87.3 cm³/mol. The summed E-state index contributed by atoms with van der Waals surface area (Å²) in [5.41, 5.74) is 0.630. The van der Waals surface area contributed by atoms with Gasteiger partial charge in [0.25, 0.3) is 0 Å². The Balaban J connectivity index is 1.75. The van der Waals surface area contributed by atoms with E-state index in [4.69, 9.17) is 9.47 Å². The SMILES string of the molecule is CC(C)(C)OCC1CN(c2ccc3ccccc3c2)C(=O)O1. The van der Waals surface area contributed by atoms with E-state index in [1.807, 2.05) is 57.2 Å². The molecular formula is C18H21NO3. The number of benzene rings is 2. The van der Waals surface area contributed by atoms with Crippen LogP contribution >= 0.6 is 0 Å². The molecule has 0 radical (unpaired) electrons. The largest absolute Gasteiger partial charge is 0.441 e. The third-order valence-corrected chi connectivity index (χ3v) is 3.62. The summed E-state index contributed by atoms with van der Waals surface area (Å²) >= 11 is 0. The van der Waals surface area contributed by atoms with Gasteiger partial charge in [-0.1, -0.05) is 30.3 Å². The molecule has 0 spiro atoms. The number of carbonyl (C=O) groups is 1. The van der Waals surface area contributed by atoms with Gasteiger partial charge in [0.15, 0.2) is 0 Å². The molecular weight excluding hydrogens is 278 g/mol. The molecule has 1 atom stereocenters. The molecule has 0 N–H and O–H groups in total. The van der Waals surface area contributed by atoms with Crippen LogP contribution in [0.2, 0.25) is 0 Å². The number of amides is 1. The summed E-state index contributed by atoms with van der Waals surface area (Å²) in [5.74, 6) is 0. The summed E-state index contributed by atoms with van der Waals surface area (Å²) in [7, 11) is 0. The Bertz CT molecular complexity index is 690. The number of hydrogen-bond donors (Lipinski definition) is 0. The fourth-order valence-electron chi connectivity index (χ4n) is 2.51. The molecule has 0 bridgehead atoms. The summed E-state index contributed by atoms with van der Waals surface area (Å²) in [5, 5.41) is 2.27. The first kappa shape index (κ1) is 14.9. The second-order valence-corrected chi connectivity index (χ2v) is 6.57. The van der Waals surface area contributed by atoms with E-state index in [1.165, 1.54) is 0 Å². The molecule has 0 aromatic heterocycles. The lowest BCUT2D eigenvalue weighted by Gasteiger charge is -2.21. The molecule has 2 aromatic carbocycles. The maximum atomic E-state index is 12.1. The molecule has 2 aromatic rings. The Morgan fingerprint density at radius 3 is 2.64 bits per heavy atom. The monoisotopic (exact) mass is 299 g/mol. The zero-order chi connectivity index (χ0) is 15.7. The summed E-state index contributed by atoms with van der Waals surface area (Å²) in [6.45, 7) is 6.91. The van der Waals surface area contributed by atoms with Gasteiger partial charge in [-0.05, 0) is 43.7 Å². The zero-order valence-electron chi connectivity index (χ0n) is 13.2. The van der Waals surface area contributed by atoms with Crippen LogP contribution in [-0.4, -0.2) is 30.9 Å². The van der Waals surface area contributed by atoms with Crippen LogP contribution in [0.3, 0.4) is 0 Å². The lowest BCUT2D eigenvalue weighted by atomic mass is 10.1. The Labute approximate surface area is 130 Å². The smallest absolute Gasteiger partial charge is 0.414 e. The quantitative estimate of drug-likeness (QED) is 0.860. The Kier molecular flexibility index (Phi) is 3.79. The van der Waals surface area contributed by atoms with Crippen molar-refractivity contribution < 1.29 is 14.3 Å². The standard InChI is InChI=1S/C18H21NO3/c1-18(2,3)21-12-16-11-19(17(20)22-16)15-9-8-13-6-4-5-7-14(13)10-15/h4-10,16H,11-12H2,1-3H3. The van der Waals surface area contributed by atoms with Gasteiger partial charge < -0.3 is 9.47 Å². The maximum Gasteiger partial charge on any atom is 0.414 e. The number of ether oxygens (including phenoxy) is 2. The van der Waals surface area contributed by atoms with Gasteiger partial charge in [0.05, 0.1) is 18.8 Å². The number of carbonyl (C=O) groups excluding carboxylic acids is 1. The van der Waals surface area contributed by atoms with Gasteiger partial charge >= 0.3 is 6.09 Å². The summed E-state index contributed by atoms with van der Waals surface area (Å²) in [6.07, 6.45) is -0.531. The van der Waals surface area contributed by atoms with Crippen LogP contribution < -0.4 is 4.90 Å². The first-order valence-electron chi connectivity index (χ1n) is 7.53. The average Bonchev–Trinajstić information content (AvgIpc) is 2.85. The van der Waals surface area contributed by atoms with Crippen molar-refractivity contribution in [3.63, 3.8) is 0 Å². The third kappa shape index (κ3) is 3.22. The highest BCUT2D eigenvalue weighted by Gasteiger charge is 2.33. The van der Waals surface area contributed by atoms with E-state index in [0.717, 1.165) is 16.5 Å². The van der Waals surface area contributed by atoms with Crippen molar-refractivity contribution in [2.75, 3.05) is 18.1 Å². The number of nitrogens with zero attached hydrogens (tertiary/aromatic N) is 1. The zero-order valence-corrected chi connectivity index (χ0v) is 13.2. The molecule has 3 rings (SSSR count). The molecule has 1 heterocycles. The van der Waals surface area contributed by atoms with Gasteiger partial charge in [0, 0.05) is 5.69 Å². The lowest BCUT2D eigenvalue weighted by Crippen LogP contribution is -2.29. The van der Waals surface area contributed by atoms with E-state index < -0.39 is 0 Å². The highest BCUT2D eigenvalue weighted by atomic mass is 16.6. The molecule has 4 heteroatoms. The molecule has 0 saturated carbocycles. The van der Waals surface area contributed by atoms with E-state index in [1.54, 1.807) is 4.90 Å². The van der Waals surface area contributed by atoms with Gasteiger partial charge in [-0.2, -0.15) is 0 Å². The normalized spacial score (nSPS) is 18.8. The average molecular weight is 299 g/mol. The van der Waals surface area contributed by atoms with Crippen LogP contribution in [0.5, 0.6) is 0 Å². The molecule has 1 saturated heterocycles. The maximum absolute atomic E-state index is 12.1. The van der Waals surface area contributed by atoms with Crippen molar-refractivity contribution in [3.8, 4) is 0 Å². The van der Waals surface area contributed by atoms with Crippen LogP contribution in [0.25, 0.3) is 10.8 Å². The summed E-state index contributed by atoms with van der Waals surface area (Å²) in [6, 6.07) is 14.1. The molecule has 1 fully saturated rings. The summed E-state index contributed by atoms with van der Waals surface area (Å²) < 4.78 is 11.1. The van der Waals surface area contributed by atoms with Gasteiger partial charge in [0.1, 0.15) is 6.10 Å². The minimum absolute atomic E-state index is 0.224. The minimum Gasteiger partial charge on any atom is -0.441 e.